The van der Waals surface area contributed by atoms with Crippen molar-refractivity contribution in [3.63, 3.8) is 0 Å². The summed E-state index contributed by atoms with van der Waals surface area (Å²) >= 11 is 0. The van der Waals surface area contributed by atoms with Crippen molar-refractivity contribution in [2.24, 2.45) is 0 Å². The van der Waals surface area contributed by atoms with Crippen LogP contribution in [-0.2, 0) is 11.2 Å². The summed E-state index contributed by atoms with van der Waals surface area (Å²) in [6.07, 6.45) is 0.904. The number of hydrogen-bond acceptors (Lipinski definition) is 2. The maximum absolute atomic E-state index is 9.40. The van der Waals surface area contributed by atoms with Crippen LogP contribution in [-0.4, -0.2) is 18.3 Å². The Morgan fingerprint density at radius 2 is 2.08 bits per heavy atom. The minimum Gasteiger partial charge on any atom is -0.508 e. The second-order valence-corrected chi connectivity index (χ2v) is 2.88. The van der Waals surface area contributed by atoms with Gasteiger partial charge in [0.05, 0.1) is 6.10 Å². The third kappa shape index (κ3) is 2.24. The van der Waals surface area contributed by atoms with E-state index in [1.54, 1.807) is 13.2 Å². The van der Waals surface area contributed by atoms with Crippen LogP contribution in [0.1, 0.15) is 12.5 Å². The molecule has 0 saturated heterocycles. The quantitative estimate of drug-likeness (QED) is 0.743. The maximum Gasteiger partial charge on any atom is 0.118 e. The van der Waals surface area contributed by atoms with E-state index in [9.17, 15) is 5.11 Å². The number of methoxy groups -OCH3 is 1. The van der Waals surface area contributed by atoms with Gasteiger partial charge in [-0.05, 0) is 18.6 Å². The number of ether oxygens (including phenoxy) is 1. The second-order valence-electron chi connectivity index (χ2n) is 2.88. The van der Waals surface area contributed by atoms with Crippen molar-refractivity contribution in [1.29, 1.82) is 0 Å². The minimum atomic E-state index is 0.151. The predicted molar refractivity (Wildman–Crippen MR) is 48.3 cm³/mol. The van der Waals surface area contributed by atoms with Gasteiger partial charge in [-0.2, -0.15) is 0 Å². The molecule has 0 aromatic heterocycles. The molecule has 0 aliphatic carbocycles. The molecule has 12 heavy (non-hydrogen) atoms. The summed E-state index contributed by atoms with van der Waals surface area (Å²) in [5.41, 5.74) is 0.937. The minimum absolute atomic E-state index is 0.151. The van der Waals surface area contributed by atoms with Crippen LogP contribution in [0.5, 0.6) is 5.75 Å². The van der Waals surface area contributed by atoms with Gasteiger partial charge in [-0.25, -0.2) is 0 Å². The van der Waals surface area contributed by atoms with Gasteiger partial charge in [-0.3, -0.25) is 0 Å². The first-order chi connectivity index (χ1) is 5.74. The topological polar surface area (TPSA) is 29.5 Å². The number of phenolic OH excluding ortho intramolecular Hbond substituents is 1. The van der Waals surface area contributed by atoms with Crippen molar-refractivity contribution in [3.8, 4) is 5.75 Å². The first-order valence-corrected chi connectivity index (χ1v) is 4.03. The number of rotatable bonds is 3. The molecule has 0 aliphatic rings. The van der Waals surface area contributed by atoms with E-state index >= 15 is 0 Å². The summed E-state index contributed by atoms with van der Waals surface area (Å²) in [7, 11) is 1.67. The normalized spacial score (nSPS) is 12.8. The van der Waals surface area contributed by atoms with Gasteiger partial charge in [0, 0.05) is 13.5 Å². The molecule has 1 unspecified atom stereocenters. The van der Waals surface area contributed by atoms with Gasteiger partial charge in [-0.15, -0.1) is 0 Å². The lowest BCUT2D eigenvalue weighted by Crippen LogP contribution is -2.08. The Balaban J connectivity index is 2.69. The van der Waals surface area contributed by atoms with Crippen molar-refractivity contribution in [2.45, 2.75) is 19.4 Å². The van der Waals surface area contributed by atoms with Crippen molar-refractivity contribution in [1.82, 2.24) is 0 Å². The van der Waals surface area contributed by atoms with Crippen LogP contribution in [0, 0.1) is 0 Å². The van der Waals surface area contributed by atoms with Crippen molar-refractivity contribution < 1.29 is 9.84 Å². The smallest absolute Gasteiger partial charge is 0.118 e. The average Bonchev–Trinajstić information content (AvgIpc) is 2.09. The molecule has 0 fully saturated rings. The van der Waals surface area contributed by atoms with E-state index in [0.29, 0.717) is 5.75 Å². The van der Waals surface area contributed by atoms with Gasteiger partial charge >= 0.3 is 0 Å². The largest absolute Gasteiger partial charge is 0.508 e. The van der Waals surface area contributed by atoms with Gasteiger partial charge in [0.25, 0.3) is 0 Å². The van der Waals surface area contributed by atoms with Crippen LogP contribution in [0.3, 0.4) is 0 Å². The van der Waals surface area contributed by atoms with Gasteiger partial charge in [0.15, 0.2) is 0 Å². The number of para-hydroxylation sites is 1. The highest BCUT2D eigenvalue weighted by atomic mass is 16.5. The predicted octanol–water partition coefficient (Wildman–Crippen LogP) is 1.97. The van der Waals surface area contributed by atoms with Crippen molar-refractivity contribution in [3.05, 3.63) is 29.8 Å². The fourth-order valence-electron chi connectivity index (χ4n) is 1.08. The Kier molecular flexibility index (Phi) is 3.11. The first kappa shape index (κ1) is 9.07. The van der Waals surface area contributed by atoms with Crippen LogP contribution in [0.2, 0.25) is 0 Å². The lowest BCUT2D eigenvalue weighted by atomic mass is 10.1. The van der Waals surface area contributed by atoms with Crippen LogP contribution < -0.4 is 0 Å². The van der Waals surface area contributed by atoms with E-state index in [1.165, 1.54) is 0 Å². The summed E-state index contributed by atoms with van der Waals surface area (Å²) in [5.74, 6) is 0.349. The Bertz CT molecular complexity index is 245. The lowest BCUT2D eigenvalue weighted by molar-refractivity contribution is 0.118. The standard InChI is InChI=1S/C10H14O2/c1-8(12-2)7-9-5-3-4-6-10(9)11/h3-6,8,11H,7H2,1-2H3. The number of phenols is 1. The molecule has 2 nitrogen and oxygen atoms in total. The summed E-state index contributed by atoms with van der Waals surface area (Å²) in [5, 5.41) is 9.40. The van der Waals surface area contributed by atoms with E-state index < -0.39 is 0 Å². The molecule has 1 aromatic carbocycles. The number of aromatic hydroxyl groups is 1. The molecule has 0 heterocycles. The van der Waals surface area contributed by atoms with Crippen LogP contribution in [0.25, 0.3) is 0 Å². The zero-order valence-corrected chi connectivity index (χ0v) is 7.45. The molecule has 1 N–H and O–H groups in total. The molecule has 1 atom stereocenters. The highest BCUT2D eigenvalue weighted by Crippen LogP contribution is 2.17. The molecule has 0 radical (unpaired) electrons. The van der Waals surface area contributed by atoms with E-state index in [-0.39, 0.29) is 6.10 Å². The Labute approximate surface area is 72.8 Å². The van der Waals surface area contributed by atoms with Gasteiger partial charge < -0.3 is 9.84 Å². The highest BCUT2D eigenvalue weighted by molar-refractivity contribution is 5.32. The average molecular weight is 166 g/mol. The number of hydrogen-bond donors (Lipinski definition) is 1. The molecule has 0 aliphatic heterocycles. The molecule has 1 rings (SSSR count). The van der Waals surface area contributed by atoms with E-state index in [1.807, 2.05) is 25.1 Å². The third-order valence-electron chi connectivity index (χ3n) is 1.90. The zero-order valence-electron chi connectivity index (χ0n) is 7.45. The molecular formula is C10H14O2. The molecular weight excluding hydrogens is 152 g/mol. The molecule has 2 heteroatoms. The molecule has 0 amide bonds. The third-order valence-corrected chi connectivity index (χ3v) is 1.90. The molecule has 0 saturated carbocycles. The van der Waals surface area contributed by atoms with Crippen LogP contribution >= 0.6 is 0 Å². The van der Waals surface area contributed by atoms with Gasteiger partial charge in [0.1, 0.15) is 5.75 Å². The Hall–Kier alpha value is -1.02. The number of benzene rings is 1. The van der Waals surface area contributed by atoms with Crippen molar-refractivity contribution >= 4 is 0 Å². The Morgan fingerprint density at radius 3 is 2.67 bits per heavy atom. The fraction of sp³-hybridized carbons (Fsp3) is 0.400. The van der Waals surface area contributed by atoms with Gasteiger partial charge in [0.2, 0.25) is 0 Å². The van der Waals surface area contributed by atoms with Crippen molar-refractivity contribution in [2.75, 3.05) is 7.11 Å². The maximum atomic E-state index is 9.40. The summed E-state index contributed by atoms with van der Waals surface area (Å²) in [6, 6.07) is 7.33. The monoisotopic (exact) mass is 166 g/mol. The summed E-state index contributed by atoms with van der Waals surface area (Å²) in [4.78, 5) is 0. The SMILES string of the molecule is COC(C)Cc1ccccc1O. The molecule has 0 bridgehead atoms. The van der Waals surface area contributed by atoms with Gasteiger partial charge in [-0.1, -0.05) is 18.2 Å². The van der Waals surface area contributed by atoms with E-state index in [2.05, 4.69) is 0 Å². The van der Waals surface area contributed by atoms with Crippen LogP contribution in [0.15, 0.2) is 24.3 Å². The second kappa shape index (κ2) is 4.12. The summed E-state index contributed by atoms with van der Waals surface area (Å²) < 4.78 is 5.10. The van der Waals surface area contributed by atoms with Crippen LogP contribution in [0.4, 0.5) is 0 Å². The molecule has 1 aromatic rings. The summed E-state index contributed by atoms with van der Waals surface area (Å²) in [6.45, 7) is 1.98. The highest BCUT2D eigenvalue weighted by Gasteiger charge is 2.04. The van der Waals surface area contributed by atoms with E-state index in [0.717, 1.165) is 12.0 Å². The molecule has 0 spiro atoms. The fourth-order valence-corrected chi connectivity index (χ4v) is 1.08. The first-order valence-electron chi connectivity index (χ1n) is 4.03. The zero-order chi connectivity index (χ0) is 8.97. The van der Waals surface area contributed by atoms with E-state index in [4.69, 9.17) is 4.74 Å². The lowest BCUT2D eigenvalue weighted by Gasteiger charge is -2.09. The molecule has 66 valence electrons. The Morgan fingerprint density at radius 1 is 1.42 bits per heavy atom.